The fourth-order valence-electron chi connectivity index (χ4n) is 1.71. The van der Waals surface area contributed by atoms with Gasteiger partial charge in [0, 0.05) is 12.1 Å². The topological polar surface area (TPSA) is 50.1 Å². The molecule has 0 amide bonds. The molecule has 0 aliphatic carbocycles. The monoisotopic (exact) mass is 239 g/mol. The molecule has 4 heteroatoms. The predicted octanol–water partition coefficient (Wildman–Crippen LogP) is 2.34. The summed E-state index contributed by atoms with van der Waals surface area (Å²) < 4.78 is 1.85. The molecule has 98 valence electrons. The number of anilines is 1. The van der Waals surface area contributed by atoms with E-state index in [0.29, 0.717) is 12.0 Å². The summed E-state index contributed by atoms with van der Waals surface area (Å²) >= 11 is 0. The lowest BCUT2D eigenvalue weighted by molar-refractivity contribution is 0.270. The highest BCUT2D eigenvalue weighted by molar-refractivity contribution is 5.46. The van der Waals surface area contributed by atoms with Gasteiger partial charge in [0.15, 0.2) is 0 Å². The fraction of sp³-hybridized carbons (Fsp3) is 0.769. The average Bonchev–Trinajstić information content (AvgIpc) is 2.44. The highest BCUT2D eigenvalue weighted by atomic mass is 16.3. The van der Waals surface area contributed by atoms with E-state index in [1.54, 1.807) is 0 Å². The van der Waals surface area contributed by atoms with Crippen molar-refractivity contribution in [2.24, 2.45) is 5.41 Å². The van der Waals surface area contributed by atoms with Crippen LogP contribution in [0.15, 0.2) is 0 Å². The number of hydrogen-bond donors (Lipinski definition) is 2. The van der Waals surface area contributed by atoms with Crippen molar-refractivity contribution >= 4 is 5.82 Å². The van der Waals surface area contributed by atoms with Gasteiger partial charge in [-0.2, -0.15) is 5.10 Å². The molecule has 1 rings (SSSR count). The first kappa shape index (κ1) is 14.0. The molecule has 0 saturated carbocycles. The standard InChI is InChI=1S/C13H25N3O/c1-10-11(2)15-16(8-9-17)12(10)14-7-6-13(3,4)5/h14,17H,6-9H2,1-5H3. The summed E-state index contributed by atoms with van der Waals surface area (Å²) in [6, 6.07) is 0. The lowest BCUT2D eigenvalue weighted by Crippen LogP contribution is -2.16. The van der Waals surface area contributed by atoms with E-state index < -0.39 is 0 Å². The minimum atomic E-state index is 0.120. The normalized spacial score (nSPS) is 11.9. The van der Waals surface area contributed by atoms with Gasteiger partial charge in [-0.3, -0.25) is 0 Å². The van der Waals surface area contributed by atoms with Crippen LogP contribution in [0.5, 0.6) is 0 Å². The van der Waals surface area contributed by atoms with E-state index in [9.17, 15) is 0 Å². The molecule has 2 N–H and O–H groups in total. The van der Waals surface area contributed by atoms with E-state index in [1.807, 2.05) is 11.6 Å². The van der Waals surface area contributed by atoms with Crippen LogP contribution in [0.2, 0.25) is 0 Å². The molecular formula is C13H25N3O. The van der Waals surface area contributed by atoms with Crippen molar-refractivity contribution in [2.45, 2.75) is 47.6 Å². The van der Waals surface area contributed by atoms with E-state index in [4.69, 9.17) is 5.11 Å². The summed E-state index contributed by atoms with van der Waals surface area (Å²) in [7, 11) is 0. The third-order valence-electron chi connectivity index (χ3n) is 2.91. The van der Waals surface area contributed by atoms with Gasteiger partial charge in [-0.05, 0) is 25.7 Å². The van der Waals surface area contributed by atoms with Gasteiger partial charge in [-0.15, -0.1) is 0 Å². The summed E-state index contributed by atoms with van der Waals surface area (Å²) in [4.78, 5) is 0. The maximum atomic E-state index is 9.01. The zero-order valence-electron chi connectivity index (χ0n) is 11.7. The first-order valence-corrected chi connectivity index (χ1v) is 6.24. The second-order valence-electron chi connectivity index (χ2n) is 5.74. The van der Waals surface area contributed by atoms with Gasteiger partial charge in [0.25, 0.3) is 0 Å². The molecule has 0 aromatic carbocycles. The third kappa shape index (κ3) is 4.04. The lowest BCUT2D eigenvalue weighted by Gasteiger charge is -2.19. The Bertz CT molecular complexity index is 363. The minimum Gasteiger partial charge on any atom is -0.394 e. The van der Waals surface area contributed by atoms with Crippen LogP contribution in [0.1, 0.15) is 38.4 Å². The molecule has 0 radical (unpaired) electrons. The second kappa shape index (κ2) is 5.54. The van der Waals surface area contributed by atoms with Gasteiger partial charge < -0.3 is 10.4 Å². The van der Waals surface area contributed by atoms with Crippen LogP contribution >= 0.6 is 0 Å². The van der Waals surface area contributed by atoms with E-state index in [1.165, 1.54) is 5.56 Å². The molecule has 0 atom stereocenters. The van der Waals surface area contributed by atoms with Crippen molar-refractivity contribution in [1.82, 2.24) is 9.78 Å². The summed E-state index contributed by atoms with van der Waals surface area (Å²) in [5.74, 6) is 1.04. The van der Waals surface area contributed by atoms with Crippen LogP contribution < -0.4 is 5.32 Å². The number of aliphatic hydroxyl groups is 1. The largest absolute Gasteiger partial charge is 0.394 e. The number of aliphatic hydroxyl groups excluding tert-OH is 1. The summed E-state index contributed by atoms with van der Waals surface area (Å²) in [6.45, 7) is 12.4. The SMILES string of the molecule is Cc1nn(CCO)c(NCCC(C)(C)C)c1C. The molecule has 0 fully saturated rings. The number of rotatable bonds is 5. The molecule has 0 saturated heterocycles. The van der Waals surface area contributed by atoms with Crippen molar-refractivity contribution < 1.29 is 5.11 Å². The van der Waals surface area contributed by atoms with Crippen LogP contribution in [0.25, 0.3) is 0 Å². The van der Waals surface area contributed by atoms with E-state index in [-0.39, 0.29) is 6.61 Å². The van der Waals surface area contributed by atoms with Gasteiger partial charge in [-0.1, -0.05) is 20.8 Å². The van der Waals surface area contributed by atoms with Crippen molar-refractivity contribution in [2.75, 3.05) is 18.5 Å². The van der Waals surface area contributed by atoms with Crippen LogP contribution in [0, 0.1) is 19.3 Å². The second-order valence-corrected chi connectivity index (χ2v) is 5.74. The molecule has 0 aliphatic rings. The first-order valence-electron chi connectivity index (χ1n) is 6.24. The first-order chi connectivity index (χ1) is 7.85. The Morgan fingerprint density at radius 1 is 1.29 bits per heavy atom. The smallest absolute Gasteiger partial charge is 0.127 e. The van der Waals surface area contributed by atoms with Crippen LogP contribution in [0.3, 0.4) is 0 Å². The number of aryl methyl sites for hydroxylation is 1. The Labute approximate surface area is 104 Å². The maximum Gasteiger partial charge on any atom is 0.127 e. The molecule has 1 heterocycles. The summed E-state index contributed by atoms with van der Waals surface area (Å²) in [5.41, 5.74) is 2.53. The Hall–Kier alpha value is -1.03. The maximum absolute atomic E-state index is 9.01. The van der Waals surface area contributed by atoms with Crippen LogP contribution in [0.4, 0.5) is 5.82 Å². The number of nitrogens with one attached hydrogen (secondary N) is 1. The predicted molar refractivity (Wildman–Crippen MR) is 71.3 cm³/mol. The highest BCUT2D eigenvalue weighted by Crippen LogP contribution is 2.21. The van der Waals surface area contributed by atoms with E-state index in [2.05, 4.69) is 38.1 Å². The fourth-order valence-corrected chi connectivity index (χ4v) is 1.71. The number of nitrogens with zero attached hydrogens (tertiary/aromatic N) is 2. The van der Waals surface area contributed by atoms with Gasteiger partial charge in [0.05, 0.1) is 18.8 Å². The quantitative estimate of drug-likeness (QED) is 0.829. The molecule has 1 aromatic heterocycles. The van der Waals surface area contributed by atoms with E-state index in [0.717, 1.165) is 24.5 Å². The average molecular weight is 239 g/mol. The molecule has 0 aliphatic heterocycles. The van der Waals surface area contributed by atoms with Gasteiger partial charge >= 0.3 is 0 Å². The summed E-state index contributed by atoms with van der Waals surface area (Å²) in [6.07, 6.45) is 1.11. The molecule has 1 aromatic rings. The van der Waals surface area contributed by atoms with Gasteiger partial charge in [0.2, 0.25) is 0 Å². The molecule has 0 unspecified atom stereocenters. The molecule has 4 nitrogen and oxygen atoms in total. The number of aromatic nitrogens is 2. The van der Waals surface area contributed by atoms with Crippen LogP contribution in [-0.4, -0.2) is 28.0 Å². The van der Waals surface area contributed by atoms with Crippen molar-refractivity contribution in [1.29, 1.82) is 0 Å². The molecule has 0 bridgehead atoms. The lowest BCUT2D eigenvalue weighted by atomic mass is 9.92. The van der Waals surface area contributed by atoms with Gasteiger partial charge in [-0.25, -0.2) is 4.68 Å². The van der Waals surface area contributed by atoms with Crippen molar-refractivity contribution in [3.05, 3.63) is 11.3 Å². The minimum absolute atomic E-state index is 0.120. The van der Waals surface area contributed by atoms with Crippen molar-refractivity contribution in [3.8, 4) is 0 Å². The molecule has 17 heavy (non-hydrogen) atoms. The molecular weight excluding hydrogens is 214 g/mol. The Kier molecular flexibility index (Phi) is 4.57. The Morgan fingerprint density at radius 2 is 1.94 bits per heavy atom. The van der Waals surface area contributed by atoms with Crippen molar-refractivity contribution in [3.63, 3.8) is 0 Å². The third-order valence-corrected chi connectivity index (χ3v) is 2.91. The highest BCUT2D eigenvalue weighted by Gasteiger charge is 2.13. The Balaban J connectivity index is 2.69. The Morgan fingerprint density at radius 3 is 2.47 bits per heavy atom. The number of hydrogen-bond acceptors (Lipinski definition) is 3. The zero-order valence-corrected chi connectivity index (χ0v) is 11.7. The van der Waals surface area contributed by atoms with Gasteiger partial charge in [0.1, 0.15) is 5.82 Å². The van der Waals surface area contributed by atoms with E-state index >= 15 is 0 Å². The van der Waals surface area contributed by atoms with Crippen LogP contribution in [-0.2, 0) is 6.54 Å². The molecule has 0 spiro atoms. The summed E-state index contributed by atoms with van der Waals surface area (Å²) in [5, 5.41) is 16.9. The zero-order chi connectivity index (χ0) is 13.1.